The van der Waals surface area contributed by atoms with E-state index in [1.807, 2.05) is 4.98 Å². The van der Waals surface area contributed by atoms with Crippen molar-refractivity contribution >= 4 is 0 Å². The lowest BCUT2D eigenvalue weighted by Gasteiger charge is -1.81. The van der Waals surface area contributed by atoms with Gasteiger partial charge in [0.25, 0.3) is 5.56 Å². The molecule has 0 atom stereocenters. The molecule has 0 aliphatic carbocycles. The van der Waals surface area contributed by atoms with Crippen molar-refractivity contribution < 1.29 is 8.78 Å². The van der Waals surface area contributed by atoms with Crippen LogP contribution in [0.2, 0.25) is 0 Å². The average Bonchev–Trinajstić information content (AvgIpc) is 2.26. The summed E-state index contributed by atoms with van der Waals surface area (Å²) >= 11 is 0. The van der Waals surface area contributed by atoms with Crippen LogP contribution in [0.5, 0.6) is 0 Å². The second kappa shape index (κ2) is 5.49. The number of aromatic amines is 2. The van der Waals surface area contributed by atoms with Crippen molar-refractivity contribution in [3.8, 4) is 0 Å². The summed E-state index contributed by atoms with van der Waals surface area (Å²) in [5.41, 5.74) is -1.71. The minimum absolute atomic E-state index is 0.400. The van der Waals surface area contributed by atoms with Crippen LogP contribution in [-0.4, -0.2) is 19.9 Å². The van der Waals surface area contributed by atoms with Crippen LogP contribution in [-0.2, 0) is 0 Å². The molecule has 0 spiro atoms. The number of aromatic nitrogens is 4. The Morgan fingerprint density at radius 1 is 1.12 bits per heavy atom. The lowest BCUT2D eigenvalue weighted by molar-refractivity contribution is 0.597. The van der Waals surface area contributed by atoms with Gasteiger partial charge < -0.3 is 4.98 Å². The molecule has 2 heterocycles. The molecule has 0 aliphatic rings. The largest absolute Gasteiger partial charge is 0.325 e. The van der Waals surface area contributed by atoms with Crippen LogP contribution in [0.25, 0.3) is 0 Å². The van der Waals surface area contributed by atoms with E-state index < -0.39 is 22.9 Å². The van der Waals surface area contributed by atoms with Gasteiger partial charge in [0.15, 0.2) is 5.82 Å². The van der Waals surface area contributed by atoms with Gasteiger partial charge in [-0.3, -0.25) is 9.78 Å². The highest BCUT2D eigenvalue weighted by molar-refractivity contribution is 4.83. The minimum Gasteiger partial charge on any atom is -0.311 e. The van der Waals surface area contributed by atoms with Crippen molar-refractivity contribution in [2.75, 3.05) is 0 Å². The zero-order valence-electron chi connectivity index (χ0n) is 7.78. The molecule has 0 aliphatic heterocycles. The van der Waals surface area contributed by atoms with E-state index in [9.17, 15) is 18.4 Å². The molecule has 0 unspecified atom stereocenters. The molecule has 2 rings (SSSR count). The van der Waals surface area contributed by atoms with Gasteiger partial charge in [0.2, 0.25) is 5.82 Å². The lowest BCUT2D eigenvalue weighted by atomic mass is 10.6. The number of rotatable bonds is 0. The molecule has 0 amide bonds. The summed E-state index contributed by atoms with van der Waals surface area (Å²) in [6, 6.07) is 0. The van der Waals surface area contributed by atoms with Gasteiger partial charge in [-0.05, 0) is 0 Å². The molecule has 0 fully saturated rings. The predicted molar refractivity (Wildman–Crippen MR) is 49.6 cm³/mol. The molecule has 0 aromatic carbocycles. The highest BCUT2D eigenvalue weighted by Crippen LogP contribution is 1.84. The van der Waals surface area contributed by atoms with Crippen LogP contribution in [0.15, 0.2) is 34.5 Å². The van der Waals surface area contributed by atoms with Gasteiger partial charge in [0.05, 0.1) is 12.4 Å². The predicted octanol–water partition coefficient (Wildman–Crippen LogP) is -0.182. The Kier molecular flexibility index (Phi) is 4.01. The van der Waals surface area contributed by atoms with Crippen molar-refractivity contribution in [1.29, 1.82) is 0 Å². The summed E-state index contributed by atoms with van der Waals surface area (Å²) in [5, 5.41) is 0. The molecule has 8 heteroatoms. The molecule has 2 aromatic heterocycles. The first-order valence-corrected chi connectivity index (χ1v) is 3.97. The summed E-state index contributed by atoms with van der Waals surface area (Å²) in [7, 11) is 0. The van der Waals surface area contributed by atoms with E-state index in [0.717, 1.165) is 12.4 Å². The summed E-state index contributed by atoms with van der Waals surface area (Å²) in [4.78, 5) is 30.8. The molecule has 84 valence electrons. The van der Waals surface area contributed by atoms with Crippen molar-refractivity contribution in [2.45, 2.75) is 0 Å². The van der Waals surface area contributed by atoms with Gasteiger partial charge in [-0.25, -0.2) is 19.2 Å². The molecule has 16 heavy (non-hydrogen) atoms. The number of halogens is 2. The zero-order chi connectivity index (χ0) is 12.0. The van der Waals surface area contributed by atoms with E-state index in [2.05, 4.69) is 9.97 Å². The Balaban J connectivity index is 0.000000165. The smallest absolute Gasteiger partial charge is 0.311 e. The number of H-pyrrole nitrogens is 2. The minimum atomic E-state index is -1.00. The van der Waals surface area contributed by atoms with Crippen molar-refractivity contribution in [1.82, 2.24) is 19.9 Å². The molecule has 6 nitrogen and oxygen atoms in total. The number of hydrogen-bond donors (Lipinski definition) is 2. The van der Waals surface area contributed by atoms with Crippen molar-refractivity contribution in [3.05, 3.63) is 57.4 Å². The third-order valence-electron chi connectivity index (χ3n) is 1.30. The van der Waals surface area contributed by atoms with E-state index in [4.69, 9.17) is 0 Å². The summed E-state index contributed by atoms with van der Waals surface area (Å²) < 4.78 is 23.8. The molecule has 0 saturated carbocycles. The van der Waals surface area contributed by atoms with Gasteiger partial charge in [-0.1, -0.05) is 0 Å². The molecular formula is C8H6F2N4O2. The third-order valence-corrected chi connectivity index (χ3v) is 1.30. The van der Waals surface area contributed by atoms with E-state index in [0.29, 0.717) is 6.20 Å². The first kappa shape index (κ1) is 11.7. The lowest BCUT2D eigenvalue weighted by Crippen LogP contribution is -2.23. The maximum Gasteiger partial charge on any atom is 0.325 e. The van der Waals surface area contributed by atoms with Crippen molar-refractivity contribution in [3.63, 3.8) is 0 Å². The van der Waals surface area contributed by atoms with Gasteiger partial charge in [-0.15, -0.1) is 0 Å². The van der Waals surface area contributed by atoms with E-state index in [1.54, 1.807) is 4.98 Å². The van der Waals surface area contributed by atoms with Crippen LogP contribution >= 0.6 is 0 Å². The van der Waals surface area contributed by atoms with Crippen LogP contribution < -0.4 is 11.2 Å². The Bertz CT molecular complexity index is 552. The zero-order valence-corrected chi connectivity index (χ0v) is 7.78. The number of nitrogens with zero attached hydrogens (tertiary/aromatic N) is 2. The fourth-order valence-corrected chi connectivity index (χ4v) is 0.674. The topological polar surface area (TPSA) is 91.5 Å². The molecule has 0 saturated heterocycles. The molecular weight excluding hydrogens is 222 g/mol. The Hall–Kier alpha value is -2.38. The molecule has 0 radical (unpaired) electrons. The Labute approximate surface area is 87.0 Å². The fraction of sp³-hybridized carbons (Fsp3) is 0. The number of nitrogens with one attached hydrogen (secondary N) is 2. The summed E-state index contributed by atoms with van der Waals surface area (Å²) in [6.07, 6.45) is 4.20. The highest BCUT2D eigenvalue weighted by Gasteiger charge is 1.93. The maximum atomic E-state index is 12.0. The van der Waals surface area contributed by atoms with Gasteiger partial charge >= 0.3 is 5.69 Å². The van der Waals surface area contributed by atoms with E-state index in [1.165, 1.54) is 6.33 Å². The fourth-order valence-electron chi connectivity index (χ4n) is 0.674. The SMILES string of the molecule is Fc1cncnc1.O=c1[nH]cc(F)c(=O)[nH]1. The molecule has 2 aromatic rings. The van der Waals surface area contributed by atoms with E-state index >= 15 is 0 Å². The standard InChI is InChI=1S/C4H3FN2O2.C4H3FN2/c5-2-1-6-4(9)7-3(2)8;5-4-1-6-3-7-2-4/h1H,(H2,6,7,8,9);1-3H. The van der Waals surface area contributed by atoms with Crippen LogP contribution in [0.1, 0.15) is 0 Å². The first-order valence-electron chi connectivity index (χ1n) is 3.97. The number of hydrogen-bond acceptors (Lipinski definition) is 4. The van der Waals surface area contributed by atoms with Crippen LogP contribution in [0.3, 0.4) is 0 Å². The van der Waals surface area contributed by atoms with Crippen LogP contribution in [0, 0.1) is 11.6 Å². The third kappa shape index (κ3) is 3.78. The quantitative estimate of drug-likeness (QED) is 0.654. The monoisotopic (exact) mass is 228 g/mol. The Morgan fingerprint density at radius 3 is 2.12 bits per heavy atom. The van der Waals surface area contributed by atoms with Gasteiger partial charge in [-0.2, -0.15) is 4.39 Å². The first-order chi connectivity index (χ1) is 7.59. The second-order valence-corrected chi connectivity index (χ2v) is 2.48. The van der Waals surface area contributed by atoms with E-state index in [-0.39, 0.29) is 0 Å². The molecule has 0 bridgehead atoms. The average molecular weight is 228 g/mol. The maximum absolute atomic E-state index is 12.0. The van der Waals surface area contributed by atoms with Crippen LogP contribution in [0.4, 0.5) is 8.78 Å². The van der Waals surface area contributed by atoms with Gasteiger partial charge in [0, 0.05) is 6.20 Å². The second-order valence-electron chi connectivity index (χ2n) is 2.48. The highest BCUT2D eigenvalue weighted by atomic mass is 19.1. The Morgan fingerprint density at radius 2 is 1.75 bits per heavy atom. The summed E-state index contributed by atoms with van der Waals surface area (Å²) in [6.45, 7) is 0. The normalized spacial score (nSPS) is 9.12. The summed E-state index contributed by atoms with van der Waals surface area (Å²) in [5.74, 6) is -1.39. The van der Waals surface area contributed by atoms with Gasteiger partial charge in [0.1, 0.15) is 6.33 Å². The van der Waals surface area contributed by atoms with Crippen molar-refractivity contribution in [2.24, 2.45) is 0 Å². The molecule has 2 N–H and O–H groups in total.